The zero-order valence-electron chi connectivity index (χ0n) is 24.5. The van der Waals surface area contributed by atoms with Crippen LogP contribution in [-0.2, 0) is 153 Å². The summed E-state index contributed by atoms with van der Waals surface area (Å²) in [6.45, 7) is 5.92. The van der Waals surface area contributed by atoms with E-state index in [1.807, 2.05) is 62.4 Å². The van der Waals surface area contributed by atoms with E-state index in [1.54, 1.807) is 71.0 Å². The Labute approximate surface area is 314 Å². The van der Waals surface area contributed by atoms with E-state index in [-0.39, 0.29) is 33.1 Å². The Morgan fingerprint density at radius 3 is 1.45 bits per heavy atom. The van der Waals surface area contributed by atoms with E-state index >= 15 is 0 Å². The summed E-state index contributed by atoms with van der Waals surface area (Å²) in [6, 6.07) is 14.9. The summed E-state index contributed by atoms with van der Waals surface area (Å²) in [4.78, 5) is 49.1. The fraction of sp³-hybridized carbons (Fsp3) is 0.407. The van der Waals surface area contributed by atoms with E-state index in [0.717, 1.165) is 35.5 Å². The first kappa shape index (κ1) is 46.1. The second kappa shape index (κ2) is 30.0. The van der Waals surface area contributed by atoms with Crippen LogP contribution in [0.25, 0.3) is 0 Å². The number of hydroxylamine groups is 2. The third-order valence-corrected chi connectivity index (χ3v) is 25.2. The Bertz CT molecular complexity index is 1680. The Morgan fingerprint density at radius 2 is 1.11 bits per heavy atom. The highest BCUT2D eigenvalue weighted by atomic mass is 33.4. The number of amides is 2. The standard InChI is InChI=1S/C13H13NO4.C9H10O2.C4H8O.CH4.S12/c1-9-2-4-10(5-3-9)8-13(17)18-14-11(15)6-7-12(14)16;1-7-2-4-8(5-3-7)6-9(10)11;1-2-4-5-3-1;;1-3-5-7-9-11-12-10-8-6-4-2/h2-5H,6-8H2,1H3;2-5H,6H2,1H3,(H,10,11);1-4H2;1H4;. The molecule has 2 aliphatic heterocycles. The molecule has 2 amide bonds. The predicted molar refractivity (Wildman–Crippen MR) is 220 cm³/mol. The monoisotopic (exact) mass is 869 g/mol. The van der Waals surface area contributed by atoms with Crippen molar-refractivity contribution in [1.82, 2.24) is 5.06 Å². The van der Waals surface area contributed by atoms with Crippen molar-refractivity contribution in [3.05, 3.63) is 70.8 Å². The van der Waals surface area contributed by atoms with Gasteiger partial charge in [0.15, 0.2) is 0 Å². The molecule has 1 N–H and O–H groups in total. The maximum atomic E-state index is 11.6. The fourth-order valence-electron chi connectivity index (χ4n) is 3.15. The number of rotatable bonds is 5. The van der Waals surface area contributed by atoms with Gasteiger partial charge in [-0.25, -0.2) is 4.79 Å². The number of carbonyl (C=O) groups is 4. The summed E-state index contributed by atoms with van der Waals surface area (Å²) < 4.78 is 4.94. The predicted octanol–water partition coefficient (Wildman–Crippen LogP) is 4.17. The van der Waals surface area contributed by atoms with Crippen molar-refractivity contribution >= 4 is 135 Å². The molecule has 2 heterocycles. The minimum absolute atomic E-state index is 0. The average Bonchev–Trinajstić information content (AvgIpc) is 3.72. The summed E-state index contributed by atoms with van der Waals surface area (Å²) in [5.41, 5.74) is 3.88. The van der Waals surface area contributed by atoms with Gasteiger partial charge in [0.1, 0.15) is 0 Å². The second-order valence-corrected chi connectivity index (χ2v) is 26.5. The molecule has 0 aliphatic carbocycles. The highest BCUT2D eigenvalue weighted by Crippen LogP contribution is 2.13. The lowest BCUT2D eigenvalue weighted by Crippen LogP contribution is -2.32. The van der Waals surface area contributed by atoms with Gasteiger partial charge in [-0.05, 0) is 37.8 Å². The lowest BCUT2D eigenvalue weighted by atomic mass is 10.1. The van der Waals surface area contributed by atoms with Crippen molar-refractivity contribution in [2.75, 3.05) is 13.2 Å². The summed E-state index contributed by atoms with van der Waals surface area (Å²) in [6.07, 6.45) is 2.92. The van der Waals surface area contributed by atoms with Crippen molar-refractivity contribution in [1.29, 1.82) is 0 Å². The maximum absolute atomic E-state index is 11.6. The van der Waals surface area contributed by atoms with E-state index in [9.17, 15) is 19.2 Å². The quantitative estimate of drug-likeness (QED) is 0.444. The number of carboxylic acids is 1. The molecule has 0 spiro atoms. The summed E-state index contributed by atoms with van der Waals surface area (Å²) in [7, 11) is 16.3. The van der Waals surface area contributed by atoms with E-state index in [2.05, 4.69) is 22.4 Å². The van der Waals surface area contributed by atoms with Gasteiger partial charge >= 0.3 is 11.9 Å². The third-order valence-electron chi connectivity index (χ3n) is 5.22. The molecule has 2 aromatic carbocycles. The molecule has 0 unspecified atom stereocenters. The zero-order valence-corrected chi connectivity index (χ0v) is 34.3. The van der Waals surface area contributed by atoms with Gasteiger partial charge in [0, 0.05) is 137 Å². The van der Waals surface area contributed by atoms with Crippen molar-refractivity contribution in [2.45, 2.75) is 59.8 Å². The zero-order chi connectivity index (χ0) is 34.0. The van der Waals surface area contributed by atoms with Gasteiger partial charge in [-0.2, -0.15) is 0 Å². The fourth-order valence-corrected chi connectivity index (χ4v) is 25.1. The molecule has 0 saturated carbocycles. The molecule has 0 atom stereocenters. The van der Waals surface area contributed by atoms with Crippen LogP contribution in [0.1, 0.15) is 55.4 Å². The number of benzene rings is 2. The number of aliphatic carboxylic acids is 1. The summed E-state index contributed by atoms with van der Waals surface area (Å²) in [5.74, 6) is -2.31. The number of hydrogen-bond donors (Lipinski definition) is 1. The largest absolute Gasteiger partial charge is 0.481 e. The Kier molecular flexibility index (Phi) is 29.4. The third kappa shape index (κ3) is 24.8. The Balaban J connectivity index is 0.000000641. The van der Waals surface area contributed by atoms with E-state index in [4.69, 9.17) is 14.7 Å². The highest BCUT2D eigenvalue weighted by molar-refractivity contribution is 8.75. The number of carbonyl (C=O) groups excluding carboxylic acids is 3. The molecule has 2 saturated heterocycles. The van der Waals surface area contributed by atoms with Gasteiger partial charge in [0.2, 0.25) is 0 Å². The molecule has 262 valence electrons. The average molecular weight is 870 g/mol. The molecule has 0 aromatic heterocycles. The molecule has 4 rings (SSSR count). The molecule has 47 heavy (non-hydrogen) atoms. The first-order valence-corrected chi connectivity index (χ1v) is 27.7. The molecule has 2 aromatic rings. The smallest absolute Gasteiger partial charge is 0.337 e. The van der Waals surface area contributed by atoms with Crippen LogP contribution < -0.4 is 0 Å². The maximum Gasteiger partial charge on any atom is 0.337 e. The molecular weight excluding hydrogens is 835 g/mol. The van der Waals surface area contributed by atoms with Crippen LogP contribution in [0, 0.1) is 13.8 Å². The lowest BCUT2D eigenvalue weighted by Gasteiger charge is -2.12. The molecule has 2 aliphatic rings. The van der Waals surface area contributed by atoms with Crippen LogP contribution >= 0.6 is 0 Å². The van der Waals surface area contributed by atoms with Crippen molar-refractivity contribution in [3.63, 3.8) is 0 Å². The van der Waals surface area contributed by atoms with Crippen molar-refractivity contribution in [2.24, 2.45) is 0 Å². The highest BCUT2D eigenvalue weighted by Gasteiger charge is 2.32. The summed E-state index contributed by atoms with van der Waals surface area (Å²) in [5, 5.41) is 9.00. The number of carboxylic acid groups (broad SMARTS) is 1. The minimum Gasteiger partial charge on any atom is -0.481 e. The van der Waals surface area contributed by atoms with Gasteiger partial charge in [-0.15, -0.1) is 5.06 Å². The molecular formula is C27H35NO7S12. The van der Waals surface area contributed by atoms with Crippen LogP contribution in [0.4, 0.5) is 0 Å². The van der Waals surface area contributed by atoms with E-state index in [1.165, 1.54) is 30.6 Å². The SMILES string of the molecule is C.C1CCOC1.Cc1ccc(CC(=O)O)cc1.Cc1ccc(CC(=O)ON2C(=O)CCC2=O)cc1.S=S=S=S=S=S=S=S=S=S=S=S. The topological polar surface area (TPSA) is 110 Å². The van der Waals surface area contributed by atoms with E-state index < -0.39 is 23.8 Å². The number of nitrogens with zero attached hydrogens (tertiary/aromatic N) is 1. The number of imide groups is 1. The van der Waals surface area contributed by atoms with Crippen LogP contribution in [0.5, 0.6) is 0 Å². The minimum atomic E-state index is -0.783. The van der Waals surface area contributed by atoms with Crippen molar-refractivity contribution < 1.29 is 33.9 Å². The van der Waals surface area contributed by atoms with Gasteiger partial charge in [-0.1, -0.05) is 67.1 Å². The molecule has 20 heteroatoms. The molecule has 2 fully saturated rings. The van der Waals surface area contributed by atoms with Gasteiger partial charge in [-0.3, -0.25) is 14.4 Å². The van der Waals surface area contributed by atoms with Crippen LogP contribution in [-0.4, -0.2) is 47.1 Å². The molecule has 0 radical (unpaired) electrons. The van der Waals surface area contributed by atoms with E-state index in [0.29, 0.717) is 5.06 Å². The first-order chi connectivity index (χ1) is 22.2. The Morgan fingerprint density at radius 1 is 0.723 bits per heavy atom. The lowest BCUT2D eigenvalue weighted by molar-refractivity contribution is -0.197. The van der Waals surface area contributed by atoms with Gasteiger partial charge in [0.25, 0.3) is 11.8 Å². The summed E-state index contributed by atoms with van der Waals surface area (Å²) >= 11 is 9.38. The number of aryl methyl sites for hydroxylation is 2. The number of ether oxygens (including phenoxy) is 1. The first-order valence-electron chi connectivity index (χ1n) is 13.0. The normalized spacial score (nSPS) is 12.3. The molecule has 0 bridgehead atoms. The van der Waals surface area contributed by atoms with Crippen LogP contribution in [0.3, 0.4) is 0 Å². The van der Waals surface area contributed by atoms with Gasteiger partial charge < -0.3 is 14.7 Å². The van der Waals surface area contributed by atoms with Gasteiger partial charge in [0.05, 0.1) is 12.8 Å². The second-order valence-electron chi connectivity index (χ2n) is 8.76. The van der Waals surface area contributed by atoms with Crippen LogP contribution in [0.15, 0.2) is 48.5 Å². The molecule has 8 nitrogen and oxygen atoms in total. The van der Waals surface area contributed by atoms with Crippen LogP contribution in [0.2, 0.25) is 0 Å². The Hall–Kier alpha value is -0.880. The van der Waals surface area contributed by atoms with Crippen molar-refractivity contribution in [3.8, 4) is 0 Å². The number of hydrogen-bond acceptors (Lipinski definition) is 8.